The van der Waals surface area contributed by atoms with Gasteiger partial charge in [-0.15, -0.1) is 0 Å². The number of carbonyl (C=O) groups is 1. The highest BCUT2D eigenvalue weighted by Crippen LogP contribution is 2.39. The largest absolute Gasteiger partial charge is 0.357 e. The van der Waals surface area contributed by atoms with Crippen LogP contribution in [-0.4, -0.2) is 37.2 Å². The highest BCUT2D eigenvalue weighted by Gasteiger charge is 2.38. The number of hydrogen-bond donors (Lipinski definition) is 0. The molecule has 2 saturated heterocycles. The van der Waals surface area contributed by atoms with Crippen molar-refractivity contribution >= 4 is 51.8 Å². The number of para-hydroxylation sites is 1. The van der Waals surface area contributed by atoms with Gasteiger partial charge in [-0.25, -0.2) is 4.68 Å². The summed E-state index contributed by atoms with van der Waals surface area (Å²) in [5.41, 5.74) is 2.11. The van der Waals surface area contributed by atoms with Gasteiger partial charge in [0.05, 0.1) is 16.3 Å². The molecule has 1 aromatic carbocycles. The van der Waals surface area contributed by atoms with Gasteiger partial charge in [-0.1, -0.05) is 49.1 Å². The Kier molecular flexibility index (Phi) is 7.57. The second kappa shape index (κ2) is 10.9. The van der Waals surface area contributed by atoms with Crippen molar-refractivity contribution in [3.63, 3.8) is 0 Å². The van der Waals surface area contributed by atoms with Gasteiger partial charge < -0.3 is 4.90 Å². The van der Waals surface area contributed by atoms with Crippen LogP contribution in [0, 0.1) is 25.2 Å². The molecule has 0 spiro atoms. The number of thioether (sulfide) groups is 1. The maximum Gasteiger partial charge on any atom is 0.296 e. The van der Waals surface area contributed by atoms with Crippen molar-refractivity contribution < 1.29 is 4.79 Å². The van der Waals surface area contributed by atoms with Crippen molar-refractivity contribution in [2.45, 2.75) is 46.6 Å². The molecule has 0 radical (unpaired) electrons. The Morgan fingerprint density at radius 3 is 2.38 bits per heavy atom. The van der Waals surface area contributed by atoms with E-state index in [9.17, 15) is 19.6 Å². The number of nitriles is 1. The topological polar surface area (TPSA) is 96.3 Å². The summed E-state index contributed by atoms with van der Waals surface area (Å²) < 4.78 is 5.15. The minimum absolute atomic E-state index is 0.0720. The van der Waals surface area contributed by atoms with E-state index in [4.69, 9.17) is 12.2 Å². The van der Waals surface area contributed by atoms with Gasteiger partial charge in [0.15, 0.2) is 4.32 Å². The van der Waals surface area contributed by atoms with E-state index >= 15 is 0 Å². The van der Waals surface area contributed by atoms with E-state index < -0.39 is 5.91 Å². The molecule has 1 amide bonds. The zero-order valence-electron chi connectivity index (χ0n) is 22.9. The van der Waals surface area contributed by atoms with Gasteiger partial charge in [0.2, 0.25) is 0 Å². The van der Waals surface area contributed by atoms with Crippen molar-refractivity contribution in [1.82, 2.24) is 13.9 Å². The van der Waals surface area contributed by atoms with Crippen LogP contribution in [0.2, 0.25) is 0 Å². The summed E-state index contributed by atoms with van der Waals surface area (Å²) in [6.45, 7) is 7.57. The number of amides is 1. The van der Waals surface area contributed by atoms with Gasteiger partial charge in [-0.3, -0.25) is 28.5 Å². The average molecular weight is 575 g/mol. The molecule has 0 atom stereocenters. The molecule has 3 aromatic rings. The fourth-order valence-corrected chi connectivity index (χ4v) is 6.70. The van der Waals surface area contributed by atoms with Gasteiger partial charge in [-0.2, -0.15) is 5.26 Å². The van der Waals surface area contributed by atoms with Crippen molar-refractivity contribution in [2.24, 2.45) is 7.05 Å². The summed E-state index contributed by atoms with van der Waals surface area (Å²) in [5.74, 6) is 0.327. The first-order valence-corrected chi connectivity index (χ1v) is 14.5. The van der Waals surface area contributed by atoms with Crippen molar-refractivity contribution in [1.29, 1.82) is 5.26 Å². The van der Waals surface area contributed by atoms with Crippen molar-refractivity contribution in [2.75, 3.05) is 22.9 Å². The van der Waals surface area contributed by atoms with Crippen LogP contribution in [0.3, 0.4) is 0 Å². The molecule has 0 saturated carbocycles. The summed E-state index contributed by atoms with van der Waals surface area (Å²) in [5, 5.41) is 9.86. The molecular weight excluding hydrogens is 544 g/mol. The second-order valence-corrected chi connectivity index (χ2v) is 11.6. The van der Waals surface area contributed by atoms with Crippen LogP contribution in [0.4, 0.5) is 11.5 Å². The molecule has 4 heterocycles. The van der Waals surface area contributed by atoms with Gasteiger partial charge >= 0.3 is 0 Å². The predicted molar refractivity (Wildman–Crippen MR) is 163 cm³/mol. The van der Waals surface area contributed by atoms with E-state index in [2.05, 4.69) is 11.0 Å². The van der Waals surface area contributed by atoms with Crippen molar-refractivity contribution in [3.05, 3.63) is 78.3 Å². The number of rotatable bonds is 6. The van der Waals surface area contributed by atoms with Crippen LogP contribution in [0.25, 0.3) is 11.8 Å². The van der Waals surface area contributed by atoms with E-state index in [0.29, 0.717) is 34.0 Å². The van der Waals surface area contributed by atoms with Crippen LogP contribution in [-0.2, 0) is 18.4 Å². The first-order valence-electron chi connectivity index (χ1n) is 13.3. The minimum Gasteiger partial charge on any atom is -0.357 e. The Labute approximate surface area is 241 Å². The zero-order valence-corrected chi connectivity index (χ0v) is 24.6. The van der Waals surface area contributed by atoms with E-state index in [1.807, 2.05) is 37.3 Å². The van der Waals surface area contributed by atoms with E-state index in [1.165, 1.54) is 9.58 Å². The number of nitrogens with zero attached hydrogens (tertiary/aromatic N) is 6. The molecule has 0 aliphatic carbocycles. The average Bonchev–Trinajstić information content (AvgIpc) is 3.62. The van der Waals surface area contributed by atoms with Gasteiger partial charge in [-0.05, 0) is 56.9 Å². The lowest BCUT2D eigenvalue weighted by molar-refractivity contribution is -0.113. The maximum atomic E-state index is 13.9. The molecule has 2 aliphatic rings. The molecular formula is C29H30N6O3S2. The lowest BCUT2D eigenvalue weighted by Gasteiger charge is -2.26. The van der Waals surface area contributed by atoms with Gasteiger partial charge in [0.25, 0.3) is 17.0 Å². The lowest BCUT2D eigenvalue weighted by Crippen LogP contribution is -2.33. The highest BCUT2D eigenvalue weighted by atomic mass is 32.2. The monoisotopic (exact) mass is 574 g/mol. The Bertz CT molecular complexity index is 1720. The molecule has 2 aliphatic heterocycles. The molecule has 9 nitrogen and oxygen atoms in total. The Morgan fingerprint density at radius 2 is 1.75 bits per heavy atom. The summed E-state index contributed by atoms with van der Waals surface area (Å²) in [6.07, 6.45) is 4.46. The molecule has 2 fully saturated rings. The molecule has 5 rings (SSSR count). The molecule has 206 valence electrons. The number of pyridine rings is 1. The van der Waals surface area contributed by atoms with E-state index in [0.717, 1.165) is 49.9 Å². The standard InChI is InChI=1S/C29H30N6O3S2/c1-5-13-33-25(32-14-9-10-15-32)21(18(2)22(17-30)26(33)36)16-23-27(37)34(29(39)40-23)24-19(3)31(4)35(28(24)38)20-11-7-6-8-12-20/h6-8,11-12,16H,5,9-10,13-15H2,1-4H3. The summed E-state index contributed by atoms with van der Waals surface area (Å²) in [7, 11) is 1.77. The fraction of sp³-hybridized carbons (Fsp3) is 0.345. The van der Waals surface area contributed by atoms with Gasteiger partial charge in [0.1, 0.15) is 23.1 Å². The fourth-order valence-electron chi connectivity index (χ4n) is 5.45. The highest BCUT2D eigenvalue weighted by molar-refractivity contribution is 8.27. The number of anilines is 2. The first kappa shape index (κ1) is 27.7. The third-order valence-electron chi connectivity index (χ3n) is 7.52. The van der Waals surface area contributed by atoms with Crippen molar-refractivity contribution in [3.8, 4) is 11.8 Å². The smallest absolute Gasteiger partial charge is 0.296 e. The third kappa shape index (κ3) is 4.41. The van der Waals surface area contributed by atoms with Crippen LogP contribution < -0.4 is 20.9 Å². The number of carbonyl (C=O) groups excluding carboxylic acids is 1. The quantitative estimate of drug-likeness (QED) is 0.321. The van der Waals surface area contributed by atoms with Crippen LogP contribution in [0.5, 0.6) is 0 Å². The Morgan fingerprint density at radius 1 is 1.07 bits per heavy atom. The predicted octanol–water partition coefficient (Wildman–Crippen LogP) is 4.24. The van der Waals surface area contributed by atoms with Gasteiger partial charge in [0, 0.05) is 32.2 Å². The normalized spacial score (nSPS) is 16.4. The third-order valence-corrected chi connectivity index (χ3v) is 8.82. The molecule has 0 bridgehead atoms. The zero-order chi connectivity index (χ0) is 28.7. The number of benzene rings is 1. The minimum atomic E-state index is -0.403. The van der Waals surface area contributed by atoms with Crippen LogP contribution in [0.1, 0.15) is 48.6 Å². The summed E-state index contributed by atoms with van der Waals surface area (Å²) in [6, 6.07) is 11.3. The SMILES string of the molecule is CCCn1c(N2CCCC2)c(C=C2SC(=S)N(c3c(C)n(C)n(-c4ccccc4)c3=O)C2=O)c(C)c(C#N)c1=O. The summed E-state index contributed by atoms with van der Waals surface area (Å²) in [4.78, 5) is 44.7. The first-order chi connectivity index (χ1) is 19.2. The number of aromatic nitrogens is 3. The number of thiocarbonyl (C=S) groups is 1. The second-order valence-electron chi connectivity index (χ2n) is 9.93. The van der Waals surface area contributed by atoms with Crippen LogP contribution >= 0.6 is 24.0 Å². The molecule has 0 unspecified atom stereocenters. The number of hydrogen-bond acceptors (Lipinski definition) is 7. The Hall–Kier alpha value is -3.88. The molecule has 2 aromatic heterocycles. The van der Waals surface area contributed by atoms with E-state index in [-0.39, 0.29) is 26.7 Å². The lowest BCUT2D eigenvalue weighted by atomic mass is 10.0. The molecule has 11 heteroatoms. The summed E-state index contributed by atoms with van der Waals surface area (Å²) >= 11 is 6.76. The molecule has 40 heavy (non-hydrogen) atoms. The maximum absolute atomic E-state index is 13.9. The Balaban J connectivity index is 1.66. The van der Waals surface area contributed by atoms with Crippen LogP contribution in [0.15, 0.2) is 44.8 Å². The van der Waals surface area contributed by atoms with E-state index in [1.54, 1.807) is 36.2 Å². The molecule has 0 N–H and O–H groups in total.